The van der Waals surface area contributed by atoms with E-state index >= 15 is 0 Å². The van der Waals surface area contributed by atoms with Gasteiger partial charge in [-0.25, -0.2) is 0 Å². The number of fused-ring (bicyclic) bond motifs is 1. The molecule has 0 radical (unpaired) electrons. The van der Waals surface area contributed by atoms with Crippen molar-refractivity contribution >= 4 is 0 Å². The van der Waals surface area contributed by atoms with Gasteiger partial charge in [-0.05, 0) is 50.7 Å². The minimum absolute atomic E-state index is 0.177. The van der Waals surface area contributed by atoms with Gasteiger partial charge in [0.15, 0.2) is 5.79 Å². The number of hydrogen-bond acceptors (Lipinski definition) is 2. The summed E-state index contributed by atoms with van der Waals surface area (Å²) in [4.78, 5) is 0. The first-order valence-corrected chi connectivity index (χ1v) is 6.67. The van der Waals surface area contributed by atoms with Crippen molar-refractivity contribution in [1.82, 2.24) is 0 Å². The van der Waals surface area contributed by atoms with Crippen molar-refractivity contribution in [2.24, 2.45) is 5.92 Å². The maximum Gasteiger partial charge on any atom is 0.193 e. The van der Waals surface area contributed by atoms with Crippen LogP contribution in [0.25, 0.3) is 0 Å². The highest BCUT2D eigenvalue weighted by Crippen LogP contribution is 2.60. The summed E-state index contributed by atoms with van der Waals surface area (Å²) in [6, 6.07) is 0. The normalized spacial score (nSPS) is 44.3. The van der Waals surface area contributed by atoms with E-state index in [0.717, 1.165) is 18.4 Å². The summed E-state index contributed by atoms with van der Waals surface area (Å²) in [6.45, 7) is 8.61. The summed E-state index contributed by atoms with van der Waals surface area (Å²) in [5.41, 5.74) is 5.01. The molecule has 2 aliphatic heterocycles. The molecule has 94 valence electrons. The molecule has 17 heavy (non-hydrogen) atoms. The Labute approximate surface area is 103 Å². The van der Waals surface area contributed by atoms with E-state index < -0.39 is 5.79 Å². The molecule has 3 aliphatic rings. The van der Waals surface area contributed by atoms with Crippen molar-refractivity contribution in [3.8, 4) is 0 Å². The molecule has 2 heterocycles. The monoisotopic (exact) mass is 234 g/mol. The molecule has 1 saturated carbocycles. The van der Waals surface area contributed by atoms with Crippen LogP contribution in [0.2, 0.25) is 0 Å². The first-order valence-electron chi connectivity index (χ1n) is 6.67. The zero-order valence-electron chi connectivity index (χ0n) is 11.3. The van der Waals surface area contributed by atoms with Crippen LogP contribution in [-0.2, 0) is 4.74 Å². The highest BCUT2D eigenvalue weighted by Gasteiger charge is 2.61. The molecule has 1 spiro atoms. The molecule has 0 aromatic rings. The van der Waals surface area contributed by atoms with Gasteiger partial charge in [-0.2, -0.15) is 0 Å². The molecule has 2 heteroatoms. The average molecular weight is 234 g/mol. The van der Waals surface area contributed by atoms with Gasteiger partial charge in [0.2, 0.25) is 0 Å². The number of hydrogen-bond donors (Lipinski definition) is 1. The molecule has 2 nitrogen and oxygen atoms in total. The Bertz CT molecular complexity index is 442. The van der Waals surface area contributed by atoms with Gasteiger partial charge >= 0.3 is 0 Å². The van der Waals surface area contributed by atoms with Crippen molar-refractivity contribution in [2.45, 2.75) is 64.8 Å². The lowest BCUT2D eigenvalue weighted by atomic mass is 9.84. The van der Waals surface area contributed by atoms with Crippen LogP contribution in [0.1, 0.15) is 53.4 Å². The average Bonchev–Trinajstić information content (AvgIpc) is 2.65. The highest BCUT2D eigenvalue weighted by atomic mass is 16.6. The molecule has 1 aliphatic carbocycles. The third kappa shape index (κ3) is 1.28. The van der Waals surface area contributed by atoms with E-state index in [1.165, 1.54) is 23.1 Å². The van der Waals surface area contributed by atoms with E-state index in [1.54, 1.807) is 0 Å². The molecule has 2 fully saturated rings. The Morgan fingerprint density at radius 2 is 2.06 bits per heavy atom. The number of rotatable bonds is 0. The van der Waals surface area contributed by atoms with Crippen LogP contribution in [0.3, 0.4) is 0 Å². The van der Waals surface area contributed by atoms with Crippen LogP contribution in [0.5, 0.6) is 0 Å². The van der Waals surface area contributed by atoms with Gasteiger partial charge < -0.3 is 9.84 Å². The summed E-state index contributed by atoms with van der Waals surface area (Å²) in [5.74, 6) is -0.485. The van der Waals surface area contributed by atoms with Gasteiger partial charge in [-0.15, -0.1) is 0 Å². The molecule has 0 aromatic carbocycles. The van der Waals surface area contributed by atoms with Crippen LogP contribution >= 0.6 is 0 Å². The maximum absolute atomic E-state index is 10.8. The van der Waals surface area contributed by atoms with E-state index in [2.05, 4.69) is 27.7 Å². The molecule has 2 bridgehead atoms. The topological polar surface area (TPSA) is 29.5 Å². The Hall–Kier alpha value is -0.600. The fourth-order valence-corrected chi connectivity index (χ4v) is 4.10. The van der Waals surface area contributed by atoms with Gasteiger partial charge in [0.05, 0.1) is 5.60 Å². The molecule has 0 amide bonds. The lowest BCUT2D eigenvalue weighted by Gasteiger charge is -2.38. The van der Waals surface area contributed by atoms with Crippen molar-refractivity contribution in [2.75, 3.05) is 0 Å². The van der Waals surface area contributed by atoms with Crippen LogP contribution in [0.4, 0.5) is 0 Å². The van der Waals surface area contributed by atoms with Gasteiger partial charge in [0.25, 0.3) is 0 Å². The zero-order chi connectivity index (χ0) is 12.4. The highest BCUT2D eigenvalue weighted by molar-refractivity contribution is 5.43. The Kier molecular flexibility index (Phi) is 2.19. The molecule has 3 atom stereocenters. The minimum atomic E-state index is -1.01. The van der Waals surface area contributed by atoms with Gasteiger partial charge in [0, 0.05) is 12.8 Å². The third-order valence-corrected chi connectivity index (χ3v) is 5.02. The quantitative estimate of drug-likeness (QED) is 0.651. The second-order valence-electron chi connectivity index (χ2n) is 6.31. The number of ether oxygens (including phenoxy) is 1. The standard InChI is InChI=1S/C15H22O2/c1-9(2)13-8-14-11(4)5-6-12(14)10(3)7-15(13,16)17-14/h11,16H,5-8H2,1-4H3/t11-,14-,15+/m0/s1. The Morgan fingerprint density at radius 1 is 1.35 bits per heavy atom. The van der Waals surface area contributed by atoms with Crippen molar-refractivity contribution in [1.29, 1.82) is 0 Å². The number of allylic oxidation sites excluding steroid dienone is 1. The lowest BCUT2D eigenvalue weighted by Crippen LogP contribution is -2.43. The molecule has 1 N–H and O–H groups in total. The van der Waals surface area contributed by atoms with Crippen molar-refractivity contribution in [3.05, 3.63) is 22.3 Å². The zero-order valence-corrected chi connectivity index (χ0v) is 11.3. The number of aliphatic hydroxyl groups is 1. The SMILES string of the molecule is CC(C)=C1C[C@@]23O[C@]1(O)CC(C)=C2CC[C@@H]3C. The lowest BCUT2D eigenvalue weighted by molar-refractivity contribution is -0.213. The van der Waals surface area contributed by atoms with Crippen LogP contribution < -0.4 is 0 Å². The molecule has 3 rings (SSSR count). The van der Waals surface area contributed by atoms with Crippen molar-refractivity contribution in [3.63, 3.8) is 0 Å². The molecular formula is C15H22O2. The summed E-state index contributed by atoms with van der Waals surface area (Å²) in [6.07, 6.45) is 3.91. The molecular weight excluding hydrogens is 212 g/mol. The van der Waals surface area contributed by atoms with Gasteiger partial charge in [-0.3, -0.25) is 0 Å². The first-order chi connectivity index (χ1) is 7.89. The summed E-state index contributed by atoms with van der Waals surface area (Å²) < 4.78 is 6.19. The summed E-state index contributed by atoms with van der Waals surface area (Å²) in [5, 5.41) is 10.8. The second kappa shape index (κ2) is 3.24. The molecule has 1 saturated heterocycles. The molecule has 0 aromatic heterocycles. The fourth-order valence-electron chi connectivity index (χ4n) is 4.10. The maximum atomic E-state index is 10.8. The van der Waals surface area contributed by atoms with Gasteiger partial charge in [0.1, 0.15) is 0 Å². The van der Waals surface area contributed by atoms with E-state index in [4.69, 9.17) is 4.74 Å². The van der Waals surface area contributed by atoms with Crippen LogP contribution in [-0.4, -0.2) is 16.5 Å². The first kappa shape index (κ1) is 11.5. The minimum Gasteiger partial charge on any atom is -0.362 e. The Balaban J connectivity index is 2.19. The smallest absolute Gasteiger partial charge is 0.193 e. The third-order valence-electron chi connectivity index (χ3n) is 5.02. The van der Waals surface area contributed by atoms with Crippen molar-refractivity contribution < 1.29 is 9.84 Å². The summed E-state index contributed by atoms with van der Waals surface area (Å²) >= 11 is 0. The predicted octanol–water partition coefficient (Wildman–Crippen LogP) is 3.32. The van der Waals surface area contributed by atoms with E-state index in [-0.39, 0.29) is 5.60 Å². The van der Waals surface area contributed by atoms with Crippen LogP contribution in [0.15, 0.2) is 22.3 Å². The van der Waals surface area contributed by atoms with E-state index in [0.29, 0.717) is 12.3 Å². The van der Waals surface area contributed by atoms with Crippen LogP contribution in [0, 0.1) is 5.92 Å². The largest absolute Gasteiger partial charge is 0.362 e. The summed E-state index contributed by atoms with van der Waals surface area (Å²) in [7, 11) is 0. The fraction of sp³-hybridized carbons (Fsp3) is 0.733. The van der Waals surface area contributed by atoms with E-state index in [1.807, 2.05) is 0 Å². The predicted molar refractivity (Wildman–Crippen MR) is 67.5 cm³/mol. The van der Waals surface area contributed by atoms with Gasteiger partial charge in [-0.1, -0.05) is 18.1 Å². The molecule has 0 unspecified atom stereocenters. The Morgan fingerprint density at radius 3 is 2.71 bits per heavy atom. The van der Waals surface area contributed by atoms with E-state index in [9.17, 15) is 5.11 Å². The second-order valence-corrected chi connectivity index (χ2v) is 6.31.